The number of hydrogen-bond donors (Lipinski definition) is 1. The maximum absolute atomic E-state index is 5.57. The third-order valence-corrected chi connectivity index (χ3v) is 3.34. The zero-order valence-corrected chi connectivity index (χ0v) is 13.1. The third-order valence-electron chi connectivity index (χ3n) is 3.34. The highest BCUT2D eigenvalue weighted by molar-refractivity contribution is 5.38. The monoisotopic (exact) mass is 295 g/mol. The van der Waals surface area contributed by atoms with Gasteiger partial charge in [-0.15, -0.1) is 0 Å². The smallest absolute Gasteiger partial charge is 0.323 e. The van der Waals surface area contributed by atoms with Crippen molar-refractivity contribution in [3.63, 3.8) is 0 Å². The van der Waals surface area contributed by atoms with E-state index in [-0.39, 0.29) is 0 Å². The molecule has 2 rings (SSSR count). The number of nitrogens with zero attached hydrogens (tertiary/aromatic N) is 4. The van der Waals surface area contributed by atoms with Gasteiger partial charge in [0.1, 0.15) is 0 Å². The minimum absolute atomic E-state index is 0.311. The van der Waals surface area contributed by atoms with Crippen LogP contribution in [0.15, 0.2) is 0 Å². The topological polar surface area (TPSA) is 72.4 Å². The van der Waals surface area contributed by atoms with Gasteiger partial charge < -0.3 is 19.7 Å². The molecular weight excluding hydrogens is 270 g/mol. The molecule has 0 bridgehead atoms. The Balaban J connectivity index is 2.16. The van der Waals surface area contributed by atoms with Crippen LogP contribution in [0.3, 0.4) is 0 Å². The van der Waals surface area contributed by atoms with Crippen molar-refractivity contribution in [2.45, 2.75) is 39.2 Å². The molecule has 1 unspecified atom stereocenters. The molecule has 0 spiro atoms. The van der Waals surface area contributed by atoms with Gasteiger partial charge in [0, 0.05) is 20.2 Å². The molecule has 0 aliphatic carbocycles. The fraction of sp³-hybridized carbons (Fsp3) is 0.786. The lowest BCUT2D eigenvalue weighted by Crippen LogP contribution is -2.33. The predicted octanol–water partition coefficient (Wildman–Crippen LogP) is 1.71. The minimum Gasteiger partial charge on any atom is -0.463 e. The zero-order valence-electron chi connectivity index (χ0n) is 13.1. The van der Waals surface area contributed by atoms with E-state index in [0.717, 1.165) is 32.4 Å². The van der Waals surface area contributed by atoms with Crippen molar-refractivity contribution in [1.82, 2.24) is 15.0 Å². The largest absolute Gasteiger partial charge is 0.463 e. The number of hydrogen-bond acceptors (Lipinski definition) is 7. The number of likely N-dealkylation sites (N-methyl/N-ethyl adjacent to an activating group) is 1. The van der Waals surface area contributed by atoms with Gasteiger partial charge in [0.05, 0.1) is 19.3 Å². The Morgan fingerprint density at radius 2 is 2.14 bits per heavy atom. The molecule has 0 radical (unpaired) electrons. The molecular formula is C14H25N5O2. The van der Waals surface area contributed by atoms with Crippen LogP contribution >= 0.6 is 0 Å². The van der Waals surface area contributed by atoms with Crippen LogP contribution in [0.25, 0.3) is 0 Å². The maximum Gasteiger partial charge on any atom is 0.323 e. The van der Waals surface area contributed by atoms with E-state index in [1.54, 1.807) is 0 Å². The Labute approximate surface area is 126 Å². The molecule has 1 atom stereocenters. The average molecular weight is 295 g/mol. The molecule has 1 aliphatic heterocycles. The predicted molar refractivity (Wildman–Crippen MR) is 82.0 cm³/mol. The summed E-state index contributed by atoms with van der Waals surface area (Å²) >= 11 is 0. The molecule has 2 heterocycles. The molecule has 0 aromatic carbocycles. The van der Waals surface area contributed by atoms with Crippen molar-refractivity contribution in [2.75, 3.05) is 43.6 Å². The second kappa shape index (κ2) is 7.97. The Kier molecular flexibility index (Phi) is 5.98. The van der Waals surface area contributed by atoms with Crippen molar-refractivity contribution in [3.8, 4) is 6.01 Å². The fourth-order valence-electron chi connectivity index (χ4n) is 2.07. The molecule has 118 valence electrons. The summed E-state index contributed by atoms with van der Waals surface area (Å²) < 4.78 is 11.0. The lowest BCUT2D eigenvalue weighted by Gasteiger charge is -2.23. The summed E-state index contributed by atoms with van der Waals surface area (Å²) in [5.74, 6) is 1.20. The molecule has 0 amide bonds. The van der Waals surface area contributed by atoms with Gasteiger partial charge in [-0.3, -0.25) is 0 Å². The first-order chi connectivity index (χ1) is 10.2. The Bertz CT molecular complexity index is 411. The number of anilines is 2. The fourth-order valence-corrected chi connectivity index (χ4v) is 2.07. The first-order valence-electron chi connectivity index (χ1n) is 7.68. The highest BCUT2D eigenvalue weighted by Crippen LogP contribution is 2.19. The molecule has 1 saturated heterocycles. The second-order valence-electron chi connectivity index (χ2n) is 5.15. The Morgan fingerprint density at radius 1 is 1.29 bits per heavy atom. The first kappa shape index (κ1) is 15.8. The molecule has 1 aliphatic rings. The van der Waals surface area contributed by atoms with Crippen molar-refractivity contribution in [3.05, 3.63) is 0 Å². The molecule has 1 aromatic rings. The average Bonchev–Trinajstić information content (AvgIpc) is 3.04. The van der Waals surface area contributed by atoms with Gasteiger partial charge in [-0.2, -0.15) is 15.0 Å². The maximum atomic E-state index is 5.57. The highest BCUT2D eigenvalue weighted by Gasteiger charge is 2.23. The second-order valence-corrected chi connectivity index (χ2v) is 5.15. The SMILES string of the molecule is CCCNc1nc(OCCC)nc(N(C)C2CCOC2)n1. The van der Waals surface area contributed by atoms with E-state index in [0.29, 0.717) is 37.2 Å². The molecule has 1 fully saturated rings. The van der Waals surface area contributed by atoms with Crippen LogP contribution in [-0.2, 0) is 4.74 Å². The van der Waals surface area contributed by atoms with Crippen LogP contribution in [-0.4, -0.2) is 54.4 Å². The molecule has 7 heteroatoms. The number of nitrogens with one attached hydrogen (secondary N) is 1. The lowest BCUT2D eigenvalue weighted by molar-refractivity contribution is 0.193. The van der Waals surface area contributed by atoms with Crippen molar-refractivity contribution < 1.29 is 9.47 Å². The van der Waals surface area contributed by atoms with E-state index >= 15 is 0 Å². The summed E-state index contributed by atoms with van der Waals surface area (Å²) in [6.07, 6.45) is 2.93. The van der Waals surface area contributed by atoms with E-state index in [9.17, 15) is 0 Å². The molecule has 21 heavy (non-hydrogen) atoms. The van der Waals surface area contributed by atoms with E-state index < -0.39 is 0 Å². The van der Waals surface area contributed by atoms with Crippen molar-refractivity contribution in [1.29, 1.82) is 0 Å². The standard InChI is InChI=1S/C14H25N5O2/c1-4-7-15-12-16-13(18-14(17-12)21-8-5-2)19(3)11-6-9-20-10-11/h11H,4-10H2,1-3H3,(H,15,16,17,18). The Hall–Kier alpha value is -1.63. The van der Waals surface area contributed by atoms with Crippen LogP contribution < -0.4 is 15.0 Å². The normalized spacial score (nSPS) is 17.8. The van der Waals surface area contributed by atoms with Gasteiger partial charge in [0.15, 0.2) is 0 Å². The summed E-state index contributed by atoms with van der Waals surface area (Å²) in [6.45, 7) is 7.09. The van der Waals surface area contributed by atoms with Gasteiger partial charge >= 0.3 is 6.01 Å². The van der Waals surface area contributed by atoms with Crippen LogP contribution in [0, 0.1) is 0 Å². The van der Waals surface area contributed by atoms with E-state index in [1.807, 2.05) is 11.9 Å². The van der Waals surface area contributed by atoms with Crippen LogP contribution in [0.4, 0.5) is 11.9 Å². The number of aromatic nitrogens is 3. The molecule has 1 aromatic heterocycles. The molecule has 7 nitrogen and oxygen atoms in total. The number of rotatable bonds is 8. The quantitative estimate of drug-likeness (QED) is 0.782. The molecule has 0 saturated carbocycles. The summed E-state index contributed by atoms with van der Waals surface area (Å²) in [5.41, 5.74) is 0. The Morgan fingerprint density at radius 3 is 2.81 bits per heavy atom. The summed E-state index contributed by atoms with van der Waals surface area (Å²) in [4.78, 5) is 15.2. The van der Waals surface area contributed by atoms with Gasteiger partial charge in [-0.1, -0.05) is 13.8 Å². The highest BCUT2D eigenvalue weighted by atomic mass is 16.5. The van der Waals surface area contributed by atoms with Crippen LogP contribution in [0.1, 0.15) is 33.1 Å². The third kappa shape index (κ3) is 4.42. The van der Waals surface area contributed by atoms with Crippen molar-refractivity contribution in [2.24, 2.45) is 0 Å². The first-order valence-corrected chi connectivity index (χ1v) is 7.68. The van der Waals surface area contributed by atoms with Crippen LogP contribution in [0.5, 0.6) is 6.01 Å². The number of ether oxygens (including phenoxy) is 2. The van der Waals surface area contributed by atoms with Gasteiger partial charge in [-0.05, 0) is 19.3 Å². The lowest BCUT2D eigenvalue weighted by atomic mass is 10.2. The van der Waals surface area contributed by atoms with E-state index in [2.05, 4.69) is 34.1 Å². The van der Waals surface area contributed by atoms with Gasteiger partial charge in [0.2, 0.25) is 11.9 Å². The minimum atomic E-state index is 0.311. The summed E-state index contributed by atoms with van der Waals surface area (Å²) in [7, 11) is 1.99. The van der Waals surface area contributed by atoms with E-state index in [1.165, 1.54) is 0 Å². The summed E-state index contributed by atoms with van der Waals surface area (Å²) in [5, 5.41) is 3.20. The van der Waals surface area contributed by atoms with E-state index in [4.69, 9.17) is 9.47 Å². The van der Waals surface area contributed by atoms with Crippen molar-refractivity contribution >= 4 is 11.9 Å². The summed E-state index contributed by atoms with van der Waals surface area (Å²) in [6, 6.07) is 0.691. The zero-order chi connectivity index (χ0) is 15.1. The van der Waals surface area contributed by atoms with Crippen LogP contribution in [0.2, 0.25) is 0 Å². The van der Waals surface area contributed by atoms with Gasteiger partial charge in [-0.25, -0.2) is 0 Å². The molecule has 1 N–H and O–H groups in total. The van der Waals surface area contributed by atoms with Gasteiger partial charge in [0.25, 0.3) is 0 Å².